The summed E-state index contributed by atoms with van der Waals surface area (Å²) in [6, 6.07) is 0. The number of nitrogens with zero attached hydrogens (tertiary/aromatic N) is 6. The maximum absolute atomic E-state index is 13.0. The fraction of sp³-hybridized carbons (Fsp3) is 0.476. The number of carbonyl (C=O) groups is 2. The molecule has 6 aromatic rings. The molecule has 0 saturated carbocycles. The molecule has 0 aromatic carbocycles. The van der Waals surface area contributed by atoms with Crippen LogP contribution in [0.2, 0.25) is 0 Å². The molecule has 0 amide bonds. The van der Waals surface area contributed by atoms with E-state index >= 15 is 0 Å². The van der Waals surface area contributed by atoms with Crippen LogP contribution in [0, 0.1) is 71.0 Å². The van der Waals surface area contributed by atoms with Crippen molar-refractivity contribution in [2.45, 2.75) is 187 Å². The molecule has 0 fully saturated rings. The average molecular weight is 1280 g/mol. The topological polar surface area (TPSA) is 324 Å². The molecule has 0 saturated heterocycles. The standard InChI is InChI=1S/C37H54N4O2.C19H28N2O2.6CN.CO2.Fe.3K/c1-11-21-22(12-2)30(38-29(21)19-9)31-23(13-3)24(14-4)32(39-31)33-25(15-5)26(16-6)34(40-33)35-27(17-7)28(18-8)36(41-35)37(42)43-20-10;1-6-12-11-20-16(13(12)7-2)17-14(8-3)15(9-4)18(21-17)19(22)23-10-5;6*1-2;2-1-3;;;;/h38-41H,11-20H2,1-10H3;11,20-21H,6-10H2,1-5H3;;;;;;;;;;;/q;;6*-1;;+6;;;. The fourth-order valence-corrected chi connectivity index (χ4v) is 10.9. The van der Waals surface area contributed by atoms with Gasteiger partial charge in [-0.3, -0.25) is 0 Å². The maximum atomic E-state index is 13.0. The molecule has 6 aromatic heterocycles. The van der Waals surface area contributed by atoms with E-state index in [1.54, 1.807) is 0 Å². The number of rotatable bonds is 21. The summed E-state index contributed by atoms with van der Waals surface area (Å²) >= 11 is 2.50. The number of hydrogen-bond donors (Lipinski definition) is 6. The molecule has 0 atom stereocenters. The Morgan fingerprint density at radius 2 is 0.612 bits per heavy atom. The van der Waals surface area contributed by atoms with E-state index in [0.29, 0.717) is 24.6 Å². The van der Waals surface area contributed by atoms with Crippen LogP contribution in [0.3, 0.4) is 0 Å². The number of esters is 2. The molecule has 6 heterocycles. The molecular weight excluding hydrogens is 1190 g/mol. The summed E-state index contributed by atoms with van der Waals surface area (Å²) in [5.41, 5.74) is 27.3. The number of aromatic nitrogens is 6. The van der Waals surface area contributed by atoms with Gasteiger partial charge in [-0.15, -0.1) is 0 Å². The molecular formula is C63H82FeK3N12O6. The predicted octanol–water partition coefficient (Wildman–Crippen LogP) is 12.5. The van der Waals surface area contributed by atoms with Crippen LogP contribution < -0.4 is 0 Å². The summed E-state index contributed by atoms with van der Waals surface area (Å²) in [5.74, 6) is -0.531. The monoisotopic (exact) mass is 1280 g/mol. The van der Waals surface area contributed by atoms with Crippen molar-refractivity contribution in [3.05, 3.63) is 129 Å². The Morgan fingerprint density at radius 1 is 0.376 bits per heavy atom. The summed E-state index contributed by atoms with van der Waals surface area (Å²) in [4.78, 5) is 63.6. The van der Waals surface area contributed by atoms with E-state index in [1.807, 2.05) is 13.8 Å². The Morgan fingerprint density at radius 3 is 0.859 bits per heavy atom. The third-order valence-electron chi connectivity index (χ3n) is 13.8. The van der Waals surface area contributed by atoms with E-state index in [-0.39, 0.29) is 86.5 Å². The van der Waals surface area contributed by atoms with Crippen LogP contribution in [-0.4, -0.2) is 176 Å². The molecule has 0 aliphatic rings. The van der Waals surface area contributed by atoms with E-state index in [2.05, 4.69) is 126 Å². The van der Waals surface area contributed by atoms with Gasteiger partial charge in [0.2, 0.25) is 0 Å². The van der Waals surface area contributed by atoms with Crippen molar-refractivity contribution >= 4 is 133 Å². The van der Waals surface area contributed by atoms with E-state index in [1.165, 1.54) is 147 Å². The first-order valence-corrected chi connectivity index (χ1v) is 44.4. The van der Waals surface area contributed by atoms with Gasteiger partial charge >= 0.3 is 98.3 Å². The van der Waals surface area contributed by atoms with Crippen LogP contribution in [0.1, 0.15) is 197 Å². The molecule has 0 spiro atoms. The van der Waals surface area contributed by atoms with Gasteiger partial charge in [0.1, 0.15) is 11.4 Å². The second kappa shape index (κ2) is 54.5. The summed E-state index contributed by atoms with van der Waals surface area (Å²) in [5, 5.41) is 37.5. The van der Waals surface area contributed by atoms with Gasteiger partial charge < -0.3 is 110 Å². The van der Waals surface area contributed by atoms with E-state index in [4.69, 9.17) is 90.1 Å². The normalized spacial score (nSPS) is 9.16. The molecule has 18 nitrogen and oxygen atoms in total. The van der Waals surface area contributed by atoms with E-state index < -0.39 is 0 Å². The Bertz CT molecular complexity index is 2980. The van der Waals surface area contributed by atoms with E-state index in [0.717, 1.165) is 117 Å². The van der Waals surface area contributed by atoms with Crippen LogP contribution in [0.25, 0.3) is 45.6 Å². The summed E-state index contributed by atoms with van der Waals surface area (Å²) < 4.78 is 10.7. The number of hydrogen-bond acceptors (Lipinski definition) is 12. The van der Waals surface area contributed by atoms with Crippen LogP contribution >= 0.6 is 0 Å². The Labute approximate surface area is 605 Å². The molecule has 0 unspecified atom stereocenters. The quantitative estimate of drug-likeness (QED) is 0.0223. The first-order chi connectivity index (χ1) is 40.4. The van der Waals surface area contributed by atoms with Gasteiger partial charge in [-0.05, 0) is 164 Å². The molecule has 0 bridgehead atoms. The number of nitrogens with one attached hydrogen (secondary N) is 6. The minimum absolute atomic E-state index is 0. The SMILES string of the molecule is CCOC(=O)c1[nH]c(-c2[nH]c(-c3[nH]c(-c4[nH]c(CC)c(CC)c4CC)c(CC)c3CC)c(CC)c2CC)c(CC)c1CC.CCOC(=O)c1[nH]c(-c2[nH]cc(CC)c2CC)c(CC)c1CC.O=C=O.[C-]#N.[C-]#N.[C-]#N.[C-]#N.[C-]#N.[C-]#N.[Fe+6].[K].[K][K]. The van der Waals surface area contributed by atoms with Gasteiger partial charge in [0.05, 0.1) is 58.8 Å². The Hall–Kier alpha value is -3.63. The molecule has 6 rings (SSSR count). The molecule has 1 radical (unpaired) electrons. The second-order valence-electron chi connectivity index (χ2n) is 17.1. The van der Waals surface area contributed by atoms with Crippen LogP contribution in [-0.2, 0) is 120 Å². The summed E-state index contributed by atoms with van der Waals surface area (Å²) in [6.45, 7) is 61.6. The van der Waals surface area contributed by atoms with Gasteiger partial charge in [-0.25, -0.2) is 9.59 Å². The van der Waals surface area contributed by atoms with Crippen molar-refractivity contribution in [2.24, 2.45) is 0 Å². The van der Waals surface area contributed by atoms with Crippen molar-refractivity contribution in [2.75, 3.05) is 13.2 Å². The van der Waals surface area contributed by atoms with Crippen LogP contribution in [0.15, 0.2) is 6.20 Å². The van der Waals surface area contributed by atoms with Crippen LogP contribution in [0.4, 0.5) is 0 Å². The van der Waals surface area contributed by atoms with Gasteiger partial charge in [0.25, 0.3) is 0 Å². The number of aryl methyl sites for hydroxylation is 2. The third kappa shape index (κ3) is 23.4. The van der Waals surface area contributed by atoms with Gasteiger partial charge in [0.15, 0.2) is 0 Å². The molecule has 0 aliphatic carbocycles. The zero-order valence-corrected chi connectivity index (χ0v) is 64.1. The van der Waals surface area contributed by atoms with Gasteiger partial charge in [-0.2, -0.15) is 9.59 Å². The van der Waals surface area contributed by atoms with Crippen molar-refractivity contribution in [1.29, 1.82) is 31.6 Å². The number of H-pyrrole nitrogens is 6. The Balaban J connectivity index is -0.000000314. The molecule has 22 heteroatoms. The molecule has 6 N–H and O–H groups in total. The van der Waals surface area contributed by atoms with Crippen molar-refractivity contribution in [3.63, 3.8) is 0 Å². The Kier molecular flexibility index (Phi) is 59.3. The number of aromatic amines is 6. The van der Waals surface area contributed by atoms with E-state index in [9.17, 15) is 9.59 Å². The van der Waals surface area contributed by atoms with Crippen LogP contribution in [0.5, 0.6) is 0 Å². The molecule has 85 heavy (non-hydrogen) atoms. The second-order valence-corrected chi connectivity index (χ2v) is 17.1. The predicted molar refractivity (Wildman–Crippen MR) is 327 cm³/mol. The fourth-order valence-electron chi connectivity index (χ4n) is 10.9. The zero-order valence-electron chi connectivity index (χ0n) is 53.7. The molecule has 441 valence electrons. The molecule has 0 aliphatic heterocycles. The first kappa shape index (κ1) is 92.5. The van der Waals surface area contributed by atoms with Crippen molar-refractivity contribution in [3.8, 4) is 45.6 Å². The van der Waals surface area contributed by atoms with Gasteiger partial charge in [0, 0.05) is 63.3 Å². The van der Waals surface area contributed by atoms with Crippen molar-refractivity contribution < 1.29 is 45.7 Å². The minimum atomic E-state index is -0.272. The first-order valence-electron chi connectivity index (χ1n) is 28.4. The third-order valence-corrected chi connectivity index (χ3v) is 13.8. The van der Waals surface area contributed by atoms with Gasteiger partial charge in [-0.1, -0.05) is 90.0 Å². The zero-order chi connectivity index (χ0) is 65.1. The van der Waals surface area contributed by atoms with Crippen molar-refractivity contribution in [1.82, 2.24) is 29.9 Å². The summed E-state index contributed by atoms with van der Waals surface area (Å²) in [6.07, 6.45) is 14.4. The summed E-state index contributed by atoms with van der Waals surface area (Å²) in [7, 11) is 0. The number of ether oxygens (including phenoxy) is 2. The average Bonchev–Trinajstić information content (AvgIpc) is 2.43. The number of carbonyl (C=O) groups excluding carboxylic acids is 4.